The number of ether oxygens (including phenoxy) is 2. The first kappa shape index (κ1) is 21.4. The Balaban J connectivity index is 1.65. The van der Waals surface area contributed by atoms with Crippen LogP contribution < -0.4 is 19.9 Å². The van der Waals surface area contributed by atoms with E-state index >= 15 is 0 Å². The van der Waals surface area contributed by atoms with Crippen molar-refractivity contribution >= 4 is 45.5 Å². The fourth-order valence-corrected chi connectivity index (χ4v) is 3.59. The van der Waals surface area contributed by atoms with E-state index in [-0.39, 0.29) is 22.8 Å². The lowest BCUT2D eigenvalue weighted by Crippen LogP contribution is -2.35. The van der Waals surface area contributed by atoms with Crippen LogP contribution >= 0.6 is 15.9 Å². The molecule has 0 radical (unpaired) electrons. The van der Waals surface area contributed by atoms with Gasteiger partial charge in [0.05, 0.1) is 23.0 Å². The smallest absolute Gasteiger partial charge is 0.379 e. The van der Waals surface area contributed by atoms with Crippen LogP contribution in [0.4, 0.5) is 5.69 Å². The summed E-state index contributed by atoms with van der Waals surface area (Å²) >= 11 is 3.38. The average molecular weight is 497 g/mol. The van der Waals surface area contributed by atoms with Crippen LogP contribution in [0.1, 0.15) is 23.0 Å². The van der Waals surface area contributed by atoms with Gasteiger partial charge in [-0.3, -0.25) is 15.0 Å². The third kappa shape index (κ3) is 4.28. The van der Waals surface area contributed by atoms with E-state index in [1.165, 1.54) is 23.4 Å². The first-order valence-electron chi connectivity index (χ1n) is 9.62. The molecule has 1 aliphatic heterocycles. The number of hydrogen-bond acceptors (Lipinski definition) is 6. The number of para-hydroxylation sites is 1. The molecule has 2 heterocycles. The molecule has 0 saturated carbocycles. The van der Waals surface area contributed by atoms with Gasteiger partial charge >= 0.3 is 5.97 Å². The second-order valence-corrected chi connectivity index (χ2v) is 7.46. The minimum absolute atomic E-state index is 0.0384. The number of nitrogens with one attached hydrogen (secondary N) is 1. The Labute approximate surface area is 191 Å². The Morgan fingerprint density at radius 1 is 1.16 bits per heavy atom. The molecule has 32 heavy (non-hydrogen) atoms. The maximum Gasteiger partial charge on any atom is 0.379 e. The van der Waals surface area contributed by atoms with Gasteiger partial charge in [0, 0.05) is 0 Å². The topological polar surface area (TPSA) is 98.1 Å². The Morgan fingerprint density at radius 2 is 1.94 bits per heavy atom. The van der Waals surface area contributed by atoms with Crippen molar-refractivity contribution in [2.24, 2.45) is 0 Å². The van der Waals surface area contributed by atoms with Crippen LogP contribution in [0.5, 0.6) is 11.5 Å². The van der Waals surface area contributed by atoms with E-state index in [0.717, 1.165) is 0 Å². The molecule has 2 aromatic carbocycles. The highest BCUT2D eigenvalue weighted by Gasteiger charge is 2.34. The van der Waals surface area contributed by atoms with Crippen LogP contribution in [0.25, 0.3) is 6.08 Å². The molecule has 2 amide bonds. The Hall–Kier alpha value is -3.85. The van der Waals surface area contributed by atoms with Crippen LogP contribution in [0, 0.1) is 0 Å². The van der Waals surface area contributed by atoms with Gasteiger partial charge in [-0.05, 0) is 70.9 Å². The van der Waals surface area contributed by atoms with Crippen molar-refractivity contribution in [3.8, 4) is 11.5 Å². The lowest BCUT2D eigenvalue weighted by atomic mass is 10.1. The lowest BCUT2D eigenvalue weighted by Gasteiger charge is -2.14. The van der Waals surface area contributed by atoms with E-state index in [1.54, 1.807) is 49.4 Å². The zero-order chi connectivity index (χ0) is 22.7. The quantitative estimate of drug-likeness (QED) is 0.238. The number of hydrazine groups is 1. The summed E-state index contributed by atoms with van der Waals surface area (Å²) in [6.45, 7) is 2.09. The fourth-order valence-electron chi connectivity index (χ4n) is 3.05. The predicted molar refractivity (Wildman–Crippen MR) is 119 cm³/mol. The van der Waals surface area contributed by atoms with Gasteiger partial charge in [-0.1, -0.05) is 18.2 Å². The zero-order valence-electron chi connectivity index (χ0n) is 16.8. The fraction of sp³-hybridized carbons (Fsp3) is 0.0870. The van der Waals surface area contributed by atoms with Crippen molar-refractivity contribution < 1.29 is 28.3 Å². The van der Waals surface area contributed by atoms with Gasteiger partial charge in [0.25, 0.3) is 11.8 Å². The monoisotopic (exact) mass is 496 g/mol. The van der Waals surface area contributed by atoms with Crippen molar-refractivity contribution in [2.45, 2.75) is 6.92 Å². The molecule has 0 bridgehead atoms. The summed E-state index contributed by atoms with van der Waals surface area (Å²) < 4.78 is 16.5. The van der Waals surface area contributed by atoms with Crippen LogP contribution in [0.15, 0.2) is 75.3 Å². The number of carbonyl (C=O) groups excluding carboxylic acids is 3. The minimum atomic E-state index is -0.688. The maximum atomic E-state index is 12.8. The Kier molecular flexibility index (Phi) is 6.09. The second kappa shape index (κ2) is 9.11. The van der Waals surface area contributed by atoms with Crippen LogP contribution in [0.3, 0.4) is 0 Å². The SMILES string of the molecule is CCOc1cc(/C=C2\C(=O)NN(c3ccccc3)C2=O)cc(Br)c1OC(=O)c1ccco1. The summed E-state index contributed by atoms with van der Waals surface area (Å²) in [6, 6.07) is 15.0. The predicted octanol–water partition coefficient (Wildman–Crippen LogP) is 4.12. The van der Waals surface area contributed by atoms with Gasteiger partial charge in [-0.15, -0.1) is 0 Å². The Bertz CT molecular complexity index is 1200. The number of hydrogen-bond donors (Lipinski definition) is 1. The summed E-state index contributed by atoms with van der Waals surface area (Å²) in [6.07, 6.45) is 2.82. The number of benzene rings is 2. The van der Waals surface area contributed by atoms with Crippen LogP contribution in [-0.4, -0.2) is 24.4 Å². The molecule has 4 rings (SSSR count). The van der Waals surface area contributed by atoms with E-state index < -0.39 is 17.8 Å². The molecule has 0 spiro atoms. The van der Waals surface area contributed by atoms with E-state index in [0.29, 0.717) is 22.3 Å². The van der Waals surface area contributed by atoms with Gasteiger partial charge in [0.2, 0.25) is 5.76 Å². The van der Waals surface area contributed by atoms with E-state index in [2.05, 4.69) is 21.4 Å². The molecule has 3 aromatic rings. The Morgan fingerprint density at radius 3 is 2.62 bits per heavy atom. The van der Waals surface area contributed by atoms with Gasteiger partial charge in [-0.25, -0.2) is 9.80 Å². The number of anilines is 1. The van der Waals surface area contributed by atoms with Crippen molar-refractivity contribution in [1.29, 1.82) is 0 Å². The molecule has 1 aliphatic rings. The van der Waals surface area contributed by atoms with E-state index in [4.69, 9.17) is 13.9 Å². The van der Waals surface area contributed by atoms with Gasteiger partial charge < -0.3 is 13.9 Å². The summed E-state index contributed by atoms with van der Waals surface area (Å²) in [5.74, 6) is -1.24. The molecule has 162 valence electrons. The summed E-state index contributed by atoms with van der Waals surface area (Å²) in [5, 5.41) is 1.19. The number of carbonyl (C=O) groups is 3. The number of amides is 2. The van der Waals surface area contributed by atoms with Crippen molar-refractivity contribution in [1.82, 2.24) is 5.43 Å². The molecule has 1 fully saturated rings. The molecule has 0 unspecified atom stereocenters. The molecule has 1 aromatic heterocycles. The van der Waals surface area contributed by atoms with Crippen LogP contribution in [-0.2, 0) is 9.59 Å². The molecule has 0 atom stereocenters. The number of rotatable bonds is 6. The molecule has 8 nitrogen and oxygen atoms in total. The number of furan rings is 1. The standard InChI is InChI=1S/C23H17BrN2O6/c1-2-30-19-13-14(12-17(24)20(19)32-23(29)18-9-6-10-31-18)11-16-21(27)25-26(22(16)28)15-7-4-3-5-8-15/h3-13H,2H2,1H3,(H,25,27)/b16-11+. The third-order valence-electron chi connectivity index (χ3n) is 4.47. The molecular weight excluding hydrogens is 480 g/mol. The largest absolute Gasteiger partial charge is 0.490 e. The molecule has 0 aliphatic carbocycles. The van der Waals surface area contributed by atoms with Crippen molar-refractivity contribution in [2.75, 3.05) is 11.6 Å². The first-order chi connectivity index (χ1) is 15.5. The van der Waals surface area contributed by atoms with Crippen molar-refractivity contribution in [3.05, 3.63) is 82.2 Å². The summed E-state index contributed by atoms with van der Waals surface area (Å²) in [4.78, 5) is 37.6. The minimum Gasteiger partial charge on any atom is -0.490 e. The summed E-state index contributed by atoms with van der Waals surface area (Å²) in [7, 11) is 0. The van der Waals surface area contributed by atoms with E-state index in [9.17, 15) is 14.4 Å². The molecule has 1 saturated heterocycles. The molecule has 1 N–H and O–H groups in total. The highest BCUT2D eigenvalue weighted by molar-refractivity contribution is 9.10. The molecule has 9 heteroatoms. The van der Waals surface area contributed by atoms with Gasteiger partial charge in [0.15, 0.2) is 11.5 Å². The van der Waals surface area contributed by atoms with Crippen molar-refractivity contribution in [3.63, 3.8) is 0 Å². The number of nitrogens with zero attached hydrogens (tertiary/aromatic N) is 1. The number of halogens is 1. The normalized spacial score (nSPS) is 14.6. The highest BCUT2D eigenvalue weighted by Crippen LogP contribution is 2.38. The highest BCUT2D eigenvalue weighted by atomic mass is 79.9. The summed E-state index contributed by atoms with van der Waals surface area (Å²) in [5.41, 5.74) is 3.57. The molecular formula is C23H17BrN2O6. The first-order valence-corrected chi connectivity index (χ1v) is 10.4. The maximum absolute atomic E-state index is 12.8. The second-order valence-electron chi connectivity index (χ2n) is 6.60. The zero-order valence-corrected chi connectivity index (χ0v) is 18.4. The lowest BCUT2D eigenvalue weighted by molar-refractivity contribution is -0.117. The number of esters is 1. The van der Waals surface area contributed by atoms with E-state index in [1.807, 2.05) is 6.07 Å². The average Bonchev–Trinajstić information content (AvgIpc) is 3.41. The van der Waals surface area contributed by atoms with Crippen LogP contribution in [0.2, 0.25) is 0 Å². The van der Waals surface area contributed by atoms with Gasteiger partial charge in [-0.2, -0.15) is 0 Å². The van der Waals surface area contributed by atoms with Gasteiger partial charge in [0.1, 0.15) is 5.57 Å². The third-order valence-corrected chi connectivity index (χ3v) is 5.05.